The van der Waals surface area contributed by atoms with Crippen molar-refractivity contribution >= 4 is 12.1 Å². The summed E-state index contributed by atoms with van der Waals surface area (Å²) in [5, 5.41) is 0. The van der Waals surface area contributed by atoms with Crippen molar-refractivity contribution in [1.82, 2.24) is 4.90 Å². The Morgan fingerprint density at radius 1 is 1.32 bits per heavy atom. The van der Waals surface area contributed by atoms with Gasteiger partial charge in [-0.15, -0.1) is 0 Å². The number of para-hydroxylation sites is 1. The number of carbonyl (C=O) groups is 2. The van der Waals surface area contributed by atoms with Crippen molar-refractivity contribution in [3.63, 3.8) is 0 Å². The van der Waals surface area contributed by atoms with E-state index in [-0.39, 0.29) is 12.0 Å². The summed E-state index contributed by atoms with van der Waals surface area (Å²) in [4.78, 5) is 24.8. The quantitative estimate of drug-likeness (QED) is 0.730. The molecule has 0 radical (unpaired) electrons. The summed E-state index contributed by atoms with van der Waals surface area (Å²) in [6.07, 6.45) is -1.17. The van der Waals surface area contributed by atoms with E-state index >= 15 is 0 Å². The average Bonchev–Trinajstić information content (AvgIpc) is 2.72. The first-order valence-corrected chi connectivity index (χ1v) is 6.11. The van der Waals surface area contributed by atoms with Gasteiger partial charge in [0.05, 0.1) is 0 Å². The Kier molecular flexibility index (Phi) is 3.46. The standard InChI is InChI=1S/C14H17NO4/c1-14(2,3)12-15(9-11(16)19-12)13(17)18-10-7-5-4-6-8-10/h4-8,12H,9H2,1-3H3/t12-/m1/s1. The summed E-state index contributed by atoms with van der Waals surface area (Å²) >= 11 is 0. The van der Waals surface area contributed by atoms with Crippen LogP contribution >= 0.6 is 0 Å². The van der Waals surface area contributed by atoms with Gasteiger partial charge in [0.25, 0.3) is 0 Å². The van der Waals surface area contributed by atoms with Crippen LogP contribution in [0, 0.1) is 5.41 Å². The topological polar surface area (TPSA) is 55.8 Å². The number of hydrogen-bond acceptors (Lipinski definition) is 4. The molecule has 0 aliphatic carbocycles. The number of nitrogens with zero attached hydrogens (tertiary/aromatic N) is 1. The Bertz CT molecular complexity index is 478. The predicted octanol–water partition coefficient (Wildman–Crippen LogP) is 2.42. The van der Waals surface area contributed by atoms with Crippen LogP contribution in [0.15, 0.2) is 30.3 Å². The Morgan fingerprint density at radius 3 is 2.53 bits per heavy atom. The van der Waals surface area contributed by atoms with Crippen LogP contribution in [0.3, 0.4) is 0 Å². The molecule has 0 spiro atoms. The van der Waals surface area contributed by atoms with Crippen LogP contribution in [0.4, 0.5) is 4.79 Å². The lowest BCUT2D eigenvalue weighted by Gasteiger charge is -2.31. The van der Waals surface area contributed by atoms with Crippen LogP contribution < -0.4 is 4.74 Å². The number of rotatable bonds is 1. The molecule has 1 atom stereocenters. The Hall–Kier alpha value is -2.04. The van der Waals surface area contributed by atoms with Crippen molar-refractivity contribution in [2.45, 2.75) is 27.0 Å². The van der Waals surface area contributed by atoms with Crippen molar-refractivity contribution in [3.8, 4) is 5.75 Å². The molecule has 1 heterocycles. The molecule has 5 heteroatoms. The first-order chi connectivity index (χ1) is 8.88. The fourth-order valence-corrected chi connectivity index (χ4v) is 1.90. The molecular formula is C14H17NO4. The minimum atomic E-state index is -0.601. The van der Waals surface area contributed by atoms with E-state index in [1.807, 2.05) is 26.8 Å². The van der Waals surface area contributed by atoms with Crippen LogP contribution in [0.2, 0.25) is 0 Å². The van der Waals surface area contributed by atoms with Crippen molar-refractivity contribution in [2.75, 3.05) is 6.54 Å². The van der Waals surface area contributed by atoms with Crippen molar-refractivity contribution in [2.24, 2.45) is 5.41 Å². The van der Waals surface area contributed by atoms with Crippen LogP contribution in [0.5, 0.6) is 5.75 Å². The van der Waals surface area contributed by atoms with E-state index in [1.165, 1.54) is 4.90 Å². The SMILES string of the molecule is CC(C)(C)[C@H]1OC(=O)CN1C(=O)Oc1ccccc1. The number of hydrogen-bond donors (Lipinski definition) is 0. The van der Waals surface area contributed by atoms with Crippen molar-refractivity contribution < 1.29 is 19.1 Å². The molecule has 1 saturated heterocycles. The van der Waals surface area contributed by atoms with Gasteiger partial charge in [-0.2, -0.15) is 0 Å². The normalized spacial score (nSPS) is 19.2. The zero-order valence-electron chi connectivity index (χ0n) is 11.3. The number of cyclic esters (lactones) is 1. The van der Waals surface area contributed by atoms with Crippen LogP contribution in [0.1, 0.15) is 20.8 Å². The first kappa shape index (κ1) is 13.4. The highest BCUT2D eigenvalue weighted by Crippen LogP contribution is 2.30. The summed E-state index contributed by atoms with van der Waals surface area (Å²) in [6, 6.07) is 8.74. The number of carbonyl (C=O) groups excluding carboxylic acids is 2. The summed E-state index contributed by atoms with van der Waals surface area (Å²) in [7, 11) is 0. The average molecular weight is 263 g/mol. The second-order valence-electron chi connectivity index (χ2n) is 5.52. The monoisotopic (exact) mass is 263 g/mol. The lowest BCUT2D eigenvalue weighted by atomic mass is 9.94. The lowest BCUT2D eigenvalue weighted by molar-refractivity contribution is -0.146. The molecule has 0 unspecified atom stereocenters. The molecule has 1 fully saturated rings. The maximum atomic E-state index is 12.1. The lowest BCUT2D eigenvalue weighted by Crippen LogP contribution is -2.45. The molecule has 1 aliphatic rings. The predicted molar refractivity (Wildman–Crippen MR) is 68.5 cm³/mol. The molecule has 1 aromatic carbocycles. The zero-order valence-corrected chi connectivity index (χ0v) is 11.3. The van der Waals surface area contributed by atoms with E-state index in [1.54, 1.807) is 24.3 Å². The van der Waals surface area contributed by atoms with E-state index < -0.39 is 18.3 Å². The molecular weight excluding hydrogens is 246 g/mol. The minimum Gasteiger partial charge on any atom is -0.439 e. The smallest absolute Gasteiger partial charge is 0.418 e. The van der Waals surface area contributed by atoms with E-state index in [4.69, 9.17) is 9.47 Å². The van der Waals surface area contributed by atoms with Gasteiger partial charge in [0, 0.05) is 5.41 Å². The summed E-state index contributed by atoms with van der Waals surface area (Å²) in [5.74, 6) is 0.0319. The van der Waals surface area contributed by atoms with Gasteiger partial charge >= 0.3 is 12.1 Å². The van der Waals surface area contributed by atoms with Crippen LogP contribution in [0.25, 0.3) is 0 Å². The highest BCUT2D eigenvalue weighted by atomic mass is 16.6. The van der Waals surface area contributed by atoms with Gasteiger partial charge in [0.15, 0.2) is 6.23 Å². The third kappa shape index (κ3) is 3.05. The van der Waals surface area contributed by atoms with E-state index in [9.17, 15) is 9.59 Å². The van der Waals surface area contributed by atoms with E-state index in [2.05, 4.69) is 0 Å². The second kappa shape index (κ2) is 4.91. The van der Waals surface area contributed by atoms with Gasteiger partial charge < -0.3 is 9.47 Å². The zero-order chi connectivity index (χ0) is 14.0. The molecule has 19 heavy (non-hydrogen) atoms. The number of ether oxygens (including phenoxy) is 2. The van der Waals surface area contributed by atoms with Crippen molar-refractivity contribution in [3.05, 3.63) is 30.3 Å². The molecule has 1 aliphatic heterocycles. The summed E-state index contributed by atoms with van der Waals surface area (Å²) in [6.45, 7) is 5.63. The van der Waals surface area contributed by atoms with Gasteiger partial charge in [0.2, 0.25) is 0 Å². The van der Waals surface area contributed by atoms with Crippen LogP contribution in [-0.4, -0.2) is 29.7 Å². The highest BCUT2D eigenvalue weighted by Gasteiger charge is 2.43. The fourth-order valence-electron chi connectivity index (χ4n) is 1.90. The minimum absolute atomic E-state index is 0.0758. The number of benzene rings is 1. The van der Waals surface area contributed by atoms with Gasteiger partial charge in [0.1, 0.15) is 12.3 Å². The highest BCUT2D eigenvalue weighted by molar-refractivity contribution is 5.82. The summed E-state index contributed by atoms with van der Waals surface area (Å²) < 4.78 is 10.4. The third-order valence-electron chi connectivity index (χ3n) is 2.75. The summed E-state index contributed by atoms with van der Waals surface area (Å²) in [5.41, 5.74) is -0.359. The van der Waals surface area contributed by atoms with Crippen molar-refractivity contribution in [1.29, 1.82) is 0 Å². The second-order valence-corrected chi connectivity index (χ2v) is 5.52. The van der Waals surface area contributed by atoms with Gasteiger partial charge in [-0.05, 0) is 12.1 Å². The Balaban J connectivity index is 2.11. The largest absolute Gasteiger partial charge is 0.439 e. The van der Waals surface area contributed by atoms with Gasteiger partial charge in [-0.25, -0.2) is 4.79 Å². The van der Waals surface area contributed by atoms with Gasteiger partial charge in [-0.1, -0.05) is 39.0 Å². The molecule has 2 rings (SSSR count). The number of amides is 1. The number of esters is 1. The first-order valence-electron chi connectivity index (χ1n) is 6.11. The molecule has 5 nitrogen and oxygen atoms in total. The maximum absolute atomic E-state index is 12.1. The maximum Gasteiger partial charge on any atom is 0.418 e. The fraction of sp³-hybridized carbons (Fsp3) is 0.429. The molecule has 1 amide bonds. The Morgan fingerprint density at radius 2 is 1.95 bits per heavy atom. The van der Waals surface area contributed by atoms with E-state index in [0.29, 0.717) is 5.75 Å². The molecule has 0 aromatic heterocycles. The molecule has 0 bridgehead atoms. The Labute approximate surface area is 112 Å². The van der Waals surface area contributed by atoms with E-state index in [0.717, 1.165) is 0 Å². The van der Waals surface area contributed by atoms with Gasteiger partial charge in [-0.3, -0.25) is 9.69 Å². The third-order valence-corrected chi connectivity index (χ3v) is 2.75. The molecule has 1 aromatic rings. The molecule has 102 valence electrons. The molecule has 0 N–H and O–H groups in total. The van der Waals surface area contributed by atoms with Crippen LogP contribution in [-0.2, 0) is 9.53 Å². The molecule has 0 saturated carbocycles.